The number of carboxylic acid groups (broad SMARTS) is 1. The van der Waals surface area contributed by atoms with Crippen molar-refractivity contribution in [3.05, 3.63) is 0 Å². The Bertz CT molecular complexity index is 229. The quantitative estimate of drug-likeness (QED) is 0.724. The Labute approximate surface area is 90.5 Å². The molecule has 0 heterocycles. The van der Waals surface area contributed by atoms with Crippen molar-refractivity contribution in [1.29, 1.82) is 0 Å². The van der Waals surface area contributed by atoms with Gasteiger partial charge >= 0.3 is 12.0 Å². The summed E-state index contributed by atoms with van der Waals surface area (Å²) in [6.07, 6.45) is 0.882. The lowest BCUT2D eigenvalue weighted by Gasteiger charge is -2.20. The zero-order valence-electron chi connectivity index (χ0n) is 9.78. The molecule has 5 nitrogen and oxygen atoms in total. The number of aliphatic carboxylic acids is 1. The summed E-state index contributed by atoms with van der Waals surface area (Å²) in [5.74, 6) is -0.505. The van der Waals surface area contributed by atoms with Crippen LogP contribution in [0.2, 0.25) is 0 Å². The van der Waals surface area contributed by atoms with Gasteiger partial charge in [-0.1, -0.05) is 13.8 Å². The number of amides is 2. The number of hydrogen-bond acceptors (Lipinski definition) is 2. The van der Waals surface area contributed by atoms with Crippen LogP contribution in [-0.4, -0.2) is 41.6 Å². The molecule has 0 aromatic rings. The lowest BCUT2D eigenvalue weighted by molar-refractivity contribution is -0.137. The molecule has 0 saturated carbocycles. The van der Waals surface area contributed by atoms with Gasteiger partial charge in [-0.2, -0.15) is 0 Å². The number of nitrogens with zero attached hydrogens (tertiary/aromatic N) is 1. The van der Waals surface area contributed by atoms with Crippen LogP contribution in [0.4, 0.5) is 4.79 Å². The van der Waals surface area contributed by atoms with Gasteiger partial charge in [0.05, 0.1) is 0 Å². The van der Waals surface area contributed by atoms with E-state index in [1.54, 1.807) is 0 Å². The molecule has 0 spiro atoms. The molecule has 0 rings (SSSR count). The normalized spacial score (nSPS) is 12.3. The van der Waals surface area contributed by atoms with Gasteiger partial charge in [0.2, 0.25) is 0 Å². The van der Waals surface area contributed by atoms with Crippen LogP contribution in [0.1, 0.15) is 27.2 Å². The van der Waals surface area contributed by atoms with Crippen LogP contribution in [0, 0.1) is 5.92 Å². The summed E-state index contributed by atoms with van der Waals surface area (Å²) in [6, 6.07) is -0.278. The highest BCUT2D eigenvalue weighted by molar-refractivity contribution is 5.79. The van der Waals surface area contributed by atoms with Crippen LogP contribution in [-0.2, 0) is 4.79 Å². The number of carboxylic acids is 1. The summed E-state index contributed by atoms with van der Waals surface area (Å²) in [6.45, 7) is 5.78. The fourth-order valence-corrected chi connectivity index (χ4v) is 1.36. The molecule has 1 unspecified atom stereocenters. The summed E-state index contributed by atoms with van der Waals surface area (Å²) in [7, 11) is 1.46. The van der Waals surface area contributed by atoms with Gasteiger partial charge < -0.3 is 15.3 Å². The lowest BCUT2D eigenvalue weighted by atomic mass is 10.1. The third-order valence-electron chi connectivity index (χ3n) is 1.91. The van der Waals surface area contributed by atoms with Crippen LogP contribution < -0.4 is 5.32 Å². The van der Waals surface area contributed by atoms with E-state index in [-0.39, 0.29) is 18.6 Å². The molecule has 0 saturated heterocycles. The first kappa shape index (κ1) is 13.7. The van der Waals surface area contributed by atoms with E-state index in [2.05, 4.69) is 19.2 Å². The number of nitrogens with one attached hydrogen (secondary N) is 1. The second kappa shape index (κ2) is 6.27. The molecule has 0 aliphatic heterocycles. The van der Waals surface area contributed by atoms with Crippen LogP contribution in [0.25, 0.3) is 0 Å². The predicted molar refractivity (Wildman–Crippen MR) is 57.7 cm³/mol. The van der Waals surface area contributed by atoms with Crippen LogP contribution in [0.3, 0.4) is 0 Å². The maximum atomic E-state index is 11.4. The van der Waals surface area contributed by atoms with E-state index in [1.807, 2.05) is 6.92 Å². The third-order valence-corrected chi connectivity index (χ3v) is 1.91. The molecule has 5 heteroatoms. The maximum absolute atomic E-state index is 11.4. The number of carbonyl (C=O) groups excluding carboxylic acids is 1. The van der Waals surface area contributed by atoms with E-state index in [1.165, 1.54) is 7.05 Å². The van der Waals surface area contributed by atoms with Gasteiger partial charge in [0.1, 0.15) is 6.54 Å². The smallest absolute Gasteiger partial charge is 0.323 e. The first-order chi connectivity index (χ1) is 6.82. The highest BCUT2D eigenvalue weighted by Gasteiger charge is 2.14. The first-order valence-corrected chi connectivity index (χ1v) is 5.06. The fourth-order valence-electron chi connectivity index (χ4n) is 1.36. The highest BCUT2D eigenvalue weighted by Crippen LogP contribution is 2.03. The van der Waals surface area contributed by atoms with Crippen molar-refractivity contribution in [3.63, 3.8) is 0 Å². The Hall–Kier alpha value is -1.26. The minimum atomic E-state index is -1.01. The van der Waals surface area contributed by atoms with E-state index < -0.39 is 5.97 Å². The van der Waals surface area contributed by atoms with E-state index in [4.69, 9.17) is 5.11 Å². The van der Waals surface area contributed by atoms with Crippen molar-refractivity contribution >= 4 is 12.0 Å². The number of likely N-dealkylation sites (N-methyl/N-ethyl adjacent to an activating group) is 1. The standard InChI is InChI=1S/C10H20N2O3/c1-7(2)5-8(3)11-10(15)12(4)6-9(13)14/h7-8H,5-6H2,1-4H3,(H,11,15)(H,13,14). The topological polar surface area (TPSA) is 69.6 Å². The molecule has 0 aromatic carbocycles. The van der Waals surface area contributed by atoms with Crippen molar-refractivity contribution in [2.24, 2.45) is 5.92 Å². The van der Waals surface area contributed by atoms with Gasteiger partial charge in [-0.05, 0) is 19.3 Å². The molecule has 0 aliphatic rings. The largest absolute Gasteiger partial charge is 0.480 e. The van der Waals surface area contributed by atoms with E-state index in [0.717, 1.165) is 11.3 Å². The van der Waals surface area contributed by atoms with Crippen molar-refractivity contribution in [3.8, 4) is 0 Å². The second-order valence-corrected chi connectivity index (χ2v) is 4.23. The van der Waals surface area contributed by atoms with E-state index in [0.29, 0.717) is 5.92 Å². The Morgan fingerprint density at radius 3 is 2.27 bits per heavy atom. The Balaban J connectivity index is 3.95. The van der Waals surface area contributed by atoms with Crippen molar-refractivity contribution in [2.45, 2.75) is 33.2 Å². The number of rotatable bonds is 5. The molecule has 0 radical (unpaired) electrons. The zero-order chi connectivity index (χ0) is 12.0. The minimum absolute atomic E-state index is 0.0637. The summed E-state index contributed by atoms with van der Waals surface area (Å²) < 4.78 is 0. The second-order valence-electron chi connectivity index (χ2n) is 4.23. The van der Waals surface area contributed by atoms with Crippen LogP contribution >= 0.6 is 0 Å². The first-order valence-electron chi connectivity index (χ1n) is 5.06. The van der Waals surface area contributed by atoms with Gasteiger partial charge in [0.25, 0.3) is 0 Å². The highest BCUT2D eigenvalue weighted by atomic mass is 16.4. The Kier molecular flexibility index (Phi) is 5.74. The number of hydrogen-bond donors (Lipinski definition) is 2. The summed E-state index contributed by atoms with van der Waals surface area (Å²) in [5.41, 5.74) is 0. The van der Waals surface area contributed by atoms with Crippen molar-refractivity contribution in [2.75, 3.05) is 13.6 Å². The average molecular weight is 216 g/mol. The van der Waals surface area contributed by atoms with Crippen LogP contribution in [0.15, 0.2) is 0 Å². The van der Waals surface area contributed by atoms with Gasteiger partial charge in [0.15, 0.2) is 0 Å². The van der Waals surface area contributed by atoms with Crippen molar-refractivity contribution < 1.29 is 14.7 Å². The summed E-state index contributed by atoms with van der Waals surface area (Å²) >= 11 is 0. The molecule has 0 aliphatic carbocycles. The predicted octanol–water partition coefficient (Wildman–Crippen LogP) is 1.15. The molecular weight excluding hydrogens is 196 g/mol. The van der Waals surface area contributed by atoms with E-state index in [9.17, 15) is 9.59 Å². The molecule has 15 heavy (non-hydrogen) atoms. The van der Waals surface area contributed by atoms with E-state index >= 15 is 0 Å². The number of urea groups is 1. The number of carbonyl (C=O) groups is 2. The SMILES string of the molecule is CC(C)CC(C)NC(=O)N(C)CC(=O)O. The Morgan fingerprint density at radius 1 is 1.33 bits per heavy atom. The molecule has 2 amide bonds. The third kappa shape index (κ3) is 6.76. The molecule has 1 atom stereocenters. The maximum Gasteiger partial charge on any atom is 0.323 e. The zero-order valence-corrected chi connectivity index (χ0v) is 9.78. The lowest BCUT2D eigenvalue weighted by Crippen LogP contribution is -2.44. The summed E-state index contributed by atoms with van der Waals surface area (Å²) in [5, 5.41) is 11.2. The molecule has 0 bridgehead atoms. The molecule has 2 N–H and O–H groups in total. The van der Waals surface area contributed by atoms with Gasteiger partial charge in [0, 0.05) is 13.1 Å². The Morgan fingerprint density at radius 2 is 1.87 bits per heavy atom. The monoisotopic (exact) mass is 216 g/mol. The van der Waals surface area contributed by atoms with Gasteiger partial charge in [-0.25, -0.2) is 4.79 Å². The van der Waals surface area contributed by atoms with Gasteiger partial charge in [-0.3, -0.25) is 4.79 Å². The molecule has 0 aromatic heterocycles. The molecule has 0 fully saturated rings. The van der Waals surface area contributed by atoms with Gasteiger partial charge in [-0.15, -0.1) is 0 Å². The fraction of sp³-hybridized carbons (Fsp3) is 0.800. The van der Waals surface area contributed by atoms with Crippen LogP contribution in [0.5, 0.6) is 0 Å². The minimum Gasteiger partial charge on any atom is -0.480 e. The summed E-state index contributed by atoms with van der Waals surface area (Å²) in [4.78, 5) is 22.9. The molecular formula is C10H20N2O3. The molecule has 88 valence electrons. The average Bonchev–Trinajstić information content (AvgIpc) is 2.00. The van der Waals surface area contributed by atoms with Crippen molar-refractivity contribution in [1.82, 2.24) is 10.2 Å².